The summed E-state index contributed by atoms with van der Waals surface area (Å²) in [5.74, 6) is 1.41. The molecule has 0 aromatic heterocycles. The van der Waals surface area contributed by atoms with Crippen LogP contribution in [0, 0.1) is 11.8 Å². The van der Waals surface area contributed by atoms with Crippen molar-refractivity contribution >= 4 is 5.78 Å². The molecule has 104 valence electrons. The van der Waals surface area contributed by atoms with Gasteiger partial charge < -0.3 is 0 Å². The van der Waals surface area contributed by atoms with Crippen LogP contribution in [0.3, 0.4) is 0 Å². The molecular formula is C18H26O. The van der Waals surface area contributed by atoms with Crippen molar-refractivity contribution in [3.8, 4) is 0 Å². The fourth-order valence-corrected chi connectivity index (χ4v) is 2.89. The Bertz CT molecular complexity index is 428. The van der Waals surface area contributed by atoms with Crippen LogP contribution < -0.4 is 0 Å². The molecule has 1 heteroatoms. The third kappa shape index (κ3) is 3.46. The maximum Gasteiger partial charge on any atom is 0.165 e. The van der Waals surface area contributed by atoms with E-state index in [9.17, 15) is 4.79 Å². The molecule has 0 bridgehead atoms. The average molecular weight is 258 g/mol. The van der Waals surface area contributed by atoms with E-state index in [2.05, 4.69) is 39.8 Å². The monoisotopic (exact) mass is 258 g/mol. The topological polar surface area (TPSA) is 17.1 Å². The lowest BCUT2D eigenvalue weighted by Crippen LogP contribution is -2.21. The molecular weight excluding hydrogens is 232 g/mol. The second-order valence-corrected chi connectivity index (χ2v) is 7.15. The number of ketones is 1. The Hall–Kier alpha value is -1.11. The number of hydrogen-bond acceptors (Lipinski definition) is 1. The summed E-state index contributed by atoms with van der Waals surface area (Å²) in [7, 11) is 0. The van der Waals surface area contributed by atoms with Crippen molar-refractivity contribution in [1.29, 1.82) is 0 Å². The summed E-state index contributed by atoms with van der Waals surface area (Å²) in [6, 6.07) is 8.25. The van der Waals surface area contributed by atoms with Gasteiger partial charge in [-0.1, -0.05) is 64.8 Å². The van der Waals surface area contributed by atoms with Gasteiger partial charge in [-0.15, -0.1) is 0 Å². The van der Waals surface area contributed by atoms with Gasteiger partial charge in [0.05, 0.1) is 0 Å². The molecule has 0 saturated heterocycles. The smallest absolute Gasteiger partial charge is 0.165 e. The minimum absolute atomic E-state index is 0.155. The van der Waals surface area contributed by atoms with Crippen molar-refractivity contribution in [2.24, 2.45) is 11.8 Å². The van der Waals surface area contributed by atoms with Gasteiger partial charge in [-0.05, 0) is 29.7 Å². The molecule has 0 spiro atoms. The highest BCUT2D eigenvalue weighted by atomic mass is 16.1. The summed E-state index contributed by atoms with van der Waals surface area (Å²) in [6.07, 6.45) is 4.55. The average Bonchev–Trinajstić information content (AvgIpc) is 2.38. The Morgan fingerprint density at radius 1 is 1.00 bits per heavy atom. The van der Waals surface area contributed by atoms with E-state index < -0.39 is 0 Å². The van der Waals surface area contributed by atoms with Crippen molar-refractivity contribution in [2.75, 3.05) is 0 Å². The number of carbonyl (C=O) groups excluding carboxylic acids is 1. The first-order valence-electron chi connectivity index (χ1n) is 7.52. The Kier molecular flexibility index (Phi) is 4.13. The second kappa shape index (κ2) is 5.48. The van der Waals surface area contributed by atoms with E-state index in [0.717, 1.165) is 24.3 Å². The molecule has 1 saturated carbocycles. The molecule has 1 nitrogen and oxygen atoms in total. The van der Waals surface area contributed by atoms with E-state index in [4.69, 9.17) is 0 Å². The molecule has 0 radical (unpaired) electrons. The van der Waals surface area contributed by atoms with Crippen molar-refractivity contribution in [1.82, 2.24) is 0 Å². The number of benzene rings is 1. The van der Waals surface area contributed by atoms with Gasteiger partial charge in [0.25, 0.3) is 0 Å². The maximum atomic E-state index is 12.5. The zero-order chi connectivity index (χ0) is 14.0. The summed E-state index contributed by atoms with van der Waals surface area (Å²) in [4.78, 5) is 12.5. The van der Waals surface area contributed by atoms with Gasteiger partial charge in [-0.3, -0.25) is 4.79 Å². The molecule has 1 aliphatic rings. The minimum atomic E-state index is 0.155. The van der Waals surface area contributed by atoms with Crippen LogP contribution in [-0.4, -0.2) is 5.78 Å². The standard InChI is InChI=1S/C18H26O/c1-13-5-7-14(8-6-13)17(19)15-9-11-16(12-10-15)18(2,3)4/h9-14H,5-8H2,1-4H3. The van der Waals surface area contributed by atoms with E-state index in [1.807, 2.05) is 12.1 Å². The van der Waals surface area contributed by atoms with Gasteiger partial charge in [0.1, 0.15) is 0 Å². The maximum absolute atomic E-state index is 12.5. The van der Waals surface area contributed by atoms with Crippen LogP contribution in [0.4, 0.5) is 0 Å². The first-order chi connectivity index (χ1) is 8.88. The molecule has 2 rings (SSSR count). The van der Waals surface area contributed by atoms with Gasteiger partial charge >= 0.3 is 0 Å². The van der Waals surface area contributed by atoms with Crippen LogP contribution >= 0.6 is 0 Å². The zero-order valence-electron chi connectivity index (χ0n) is 12.7. The quantitative estimate of drug-likeness (QED) is 0.683. The Morgan fingerprint density at radius 3 is 2.00 bits per heavy atom. The van der Waals surface area contributed by atoms with Crippen molar-refractivity contribution in [3.63, 3.8) is 0 Å². The van der Waals surface area contributed by atoms with Crippen molar-refractivity contribution in [2.45, 2.75) is 58.8 Å². The fourth-order valence-electron chi connectivity index (χ4n) is 2.89. The summed E-state index contributed by atoms with van der Waals surface area (Å²) >= 11 is 0. The third-order valence-corrected chi connectivity index (χ3v) is 4.42. The lowest BCUT2D eigenvalue weighted by Gasteiger charge is -2.25. The third-order valence-electron chi connectivity index (χ3n) is 4.42. The van der Waals surface area contributed by atoms with Crippen LogP contribution in [0.5, 0.6) is 0 Å². The normalized spacial score (nSPS) is 24.2. The highest BCUT2D eigenvalue weighted by Crippen LogP contribution is 2.31. The van der Waals surface area contributed by atoms with Crippen LogP contribution in [0.2, 0.25) is 0 Å². The summed E-state index contributed by atoms with van der Waals surface area (Å²) in [5, 5.41) is 0. The fraction of sp³-hybridized carbons (Fsp3) is 0.611. The van der Waals surface area contributed by atoms with E-state index in [1.54, 1.807) is 0 Å². The van der Waals surface area contributed by atoms with Gasteiger partial charge in [-0.2, -0.15) is 0 Å². The first-order valence-corrected chi connectivity index (χ1v) is 7.52. The second-order valence-electron chi connectivity index (χ2n) is 7.15. The number of Topliss-reactive ketones (excluding diaryl/α,β-unsaturated/α-hetero) is 1. The Morgan fingerprint density at radius 2 is 1.53 bits per heavy atom. The predicted molar refractivity (Wildman–Crippen MR) is 80.6 cm³/mol. The van der Waals surface area contributed by atoms with Crippen LogP contribution in [0.1, 0.15) is 69.3 Å². The first kappa shape index (κ1) is 14.3. The highest BCUT2D eigenvalue weighted by Gasteiger charge is 2.25. The van der Waals surface area contributed by atoms with Crippen molar-refractivity contribution in [3.05, 3.63) is 35.4 Å². The molecule has 0 heterocycles. The SMILES string of the molecule is CC1CCC(C(=O)c2ccc(C(C)(C)C)cc2)CC1. The summed E-state index contributed by atoms with van der Waals surface area (Å²) in [5.41, 5.74) is 2.34. The molecule has 1 aromatic rings. The molecule has 0 amide bonds. The van der Waals surface area contributed by atoms with E-state index in [-0.39, 0.29) is 11.3 Å². The molecule has 0 aliphatic heterocycles. The van der Waals surface area contributed by atoms with E-state index in [1.165, 1.54) is 18.4 Å². The minimum Gasteiger partial charge on any atom is -0.294 e. The van der Waals surface area contributed by atoms with Crippen LogP contribution in [0.25, 0.3) is 0 Å². The van der Waals surface area contributed by atoms with E-state index >= 15 is 0 Å². The Balaban J connectivity index is 2.08. The molecule has 0 N–H and O–H groups in total. The lowest BCUT2D eigenvalue weighted by atomic mass is 9.79. The van der Waals surface area contributed by atoms with Gasteiger partial charge in [0.2, 0.25) is 0 Å². The summed E-state index contributed by atoms with van der Waals surface area (Å²) in [6.45, 7) is 8.89. The molecule has 1 aliphatic carbocycles. The largest absolute Gasteiger partial charge is 0.294 e. The van der Waals surface area contributed by atoms with Gasteiger partial charge in [-0.25, -0.2) is 0 Å². The predicted octanol–water partition coefficient (Wildman–Crippen LogP) is 4.99. The molecule has 1 fully saturated rings. The van der Waals surface area contributed by atoms with E-state index in [0.29, 0.717) is 5.78 Å². The van der Waals surface area contributed by atoms with Crippen LogP contribution in [-0.2, 0) is 5.41 Å². The Labute approximate surface area is 117 Å². The van der Waals surface area contributed by atoms with Gasteiger partial charge in [0.15, 0.2) is 5.78 Å². The number of carbonyl (C=O) groups is 1. The van der Waals surface area contributed by atoms with Crippen LogP contribution in [0.15, 0.2) is 24.3 Å². The summed E-state index contributed by atoms with van der Waals surface area (Å²) < 4.78 is 0. The van der Waals surface area contributed by atoms with Crippen molar-refractivity contribution < 1.29 is 4.79 Å². The number of rotatable bonds is 2. The molecule has 1 aromatic carbocycles. The molecule has 19 heavy (non-hydrogen) atoms. The number of hydrogen-bond donors (Lipinski definition) is 0. The molecule has 0 atom stereocenters. The van der Waals surface area contributed by atoms with Gasteiger partial charge in [0, 0.05) is 11.5 Å². The lowest BCUT2D eigenvalue weighted by molar-refractivity contribution is 0.0875. The zero-order valence-corrected chi connectivity index (χ0v) is 12.7. The molecule has 0 unspecified atom stereocenters. The highest BCUT2D eigenvalue weighted by molar-refractivity contribution is 5.97.